The number of halogens is 1. The number of carbonyl (C=O) groups excluding carboxylic acids is 1. The summed E-state index contributed by atoms with van der Waals surface area (Å²) in [6.07, 6.45) is 5.72. The Morgan fingerprint density at radius 3 is 2.40 bits per heavy atom. The minimum Gasteiger partial charge on any atom is -0.288 e. The van der Waals surface area contributed by atoms with E-state index in [1.165, 1.54) is 24.9 Å². The average Bonchev–Trinajstić information content (AvgIpc) is 2.30. The summed E-state index contributed by atoms with van der Waals surface area (Å²) in [5.74, 6) is -0.167. The summed E-state index contributed by atoms with van der Waals surface area (Å²) in [6.45, 7) is 0. The van der Waals surface area contributed by atoms with Crippen molar-refractivity contribution in [1.82, 2.24) is 15.0 Å². The molecule has 15 heavy (non-hydrogen) atoms. The first kappa shape index (κ1) is 9.73. The lowest BCUT2D eigenvalue weighted by Crippen LogP contribution is -2.02. The molecule has 0 aromatic carbocycles. The maximum absolute atomic E-state index is 11.8. The Morgan fingerprint density at radius 1 is 1.07 bits per heavy atom. The van der Waals surface area contributed by atoms with E-state index in [0.29, 0.717) is 16.3 Å². The molecule has 0 atom stereocenters. The van der Waals surface area contributed by atoms with Gasteiger partial charge < -0.3 is 0 Å². The fourth-order valence-electron chi connectivity index (χ4n) is 1.09. The molecule has 2 aromatic rings. The third-order valence-corrected chi connectivity index (χ3v) is 2.04. The predicted molar refractivity (Wildman–Crippen MR) is 54.7 cm³/mol. The highest BCUT2D eigenvalue weighted by molar-refractivity contribution is 6.29. The molecule has 0 unspecified atom stereocenters. The van der Waals surface area contributed by atoms with Gasteiger partial charge in [0.2, 0.25) is 0 Å². The first-order chi connectivity index (χ1) is 7.27. The summed E-state index contributed by atoms with van der Waals surface area (Å²) in [6, 6.07) is 3.18. The predicted octanol–water partition coefficient (Wildman–Crippen LogP) is 1.76. The third-order valence-electron chi connectivity index (χ3n) is 1.81. The SMILES string of the molecule is O=C(c1cncnc1)c1ccc(Cl)nc1. The van der Waals surface area contributed by atoms with E-state index in [4.69, 9.17) is 11.6 Å². The van der Waals surface area contributed by atoms with Crippen LogP contribution in [0.5, 0.6) is 0 Å². The standard InChI is InChI=1S/C10H6ClN3O/c11-9-2-1-7(5-14-9)10(15)8-3-12-6-13-4-8/h1-6H. The van der Waals surface area contributed by atoms with Gasteiger partial charge in [0, 0.05) is 24.2 Å². The Morgan fingerprint density at radius 2 is 1.80 bits per heavy atom. The molecule has 2 aromatic heterocycles. The molecular weight excluding hydrogens is 214 g/mol. The molecule has 2 rings (SSSR count). The number of ketones is 1. The van der Waals surface area contributed by atoms with Crippen molar-refractivity contribution in [1.29, 1.82) is 0 Å². The second kappa shape index (κ2) is 4.14. The van der Waals surface area contributed by atoms with Gasteiger partial charge >= 0.3 is 0 Å². The van der Waals surface area contributed by atoms with Crippen molar-refractivity contribution < 1.29 is 4.79 Å². The number of hydrogen-bond donors (Lipinski definition) is 0. The normalized spacial score (nSPS) is 9.93. The van der Waals surface area contributed by atoms with Gasteiger partial charge in [-0.3, -0.25) is 4.79 Å². The largest absolute Gasteiger partial charge is 0.288 e. The van der Waals surface area contributed by atoms with E-state index in [9.17, 15) is 4.79 Å². The summed E-state index contributed by atoms with van der Waals surface area (Å²) >= 11 is 5.62. The minimum atomic E-state index is -0.167. The van der Waals surface area contributed by atoms with Gasteiger partial charge in [-0.15, -0.1) is 0 Å². The summed E-state index contributed by atoms with van der Waals surface area (Å²) < 4.78 is 0. The summed E-state index contributed by atoms with van der Waals surface area (Å²) in [4.78, 5) is 23.2. The van der Waals surface area contributed by atoms with Gasteiger partial charge in [0.05, 0.1) is 5.56 Å². The maximum Gasteiger partial charge on any atom is 0.197 e. The Labute approximate surface area is 91.0 Å². The van der Waals surface area contributed by atoms with Crippen molar-refractivity contribution in [3.05, 3.63) is 53.3 Å². The second-order valence-electron chi connectivity index (χ2n) is 2.83. The van der Waals surface area contributed by atoms with E-state index < -0.39 is 0 Å². The van der Waals surface area contributed by atoms with Crippen molar-refractivity contribution in [2.75, 3.05) is 0 Å². The van der Waals surface area contributed by atoms with Crippen LogP contribution in [0.15, 0.2) is 37.1 Å². The minimum absolute atomic E-state index is 0.167. The number of carbonyl (C=O) groups is 1. The van der Waals surface area contributed by atoms with Gasteiger partial charge in [-0.05, 0) is 12.1 Å². The average molecular weight is 220 g/mol. The van der Waals surface area contributed by atoms with E-state index in [-0.39, 0.29) is 5.78 Å². The molecule has 0 fully saturated rings. The van der Waals surface area contributed by atoms with E-state index in [1.54, 1.807) is 12.1 Å². The molecule has 0 radical (unpaired) electrons. The van der Waals surface area contributed by atoms with Gasteiger partial charge in [-0.2, -0.15) is 0 Å². The first-order valence-corrected chi connectivity index (χ1v) is 4.56. The zero-order chi connectivity index (χ0) is 10.7. The van der Waals surface area contributed by atoms with Gasteiger partial charge in [0.25, 0.3) is 0 Å². The van der Waals surface area contributed by atoms with Crippen molar-refractivity contribution in [3.63, 3.8) is 0 Å². The van der Waals surface area contributed by atoms with E-state index in [1.807, 2.05) is 0 Å². The molecule has 0 bridgehead atoms. The fourth-order valence-corrected chi connectivity index (χ4v) is 1.20. The molecule has 0 spiro atoms. The Hall–Kier alpha value is -1.81. The van der Waals surface area contributed by atoms with Crippen LogP contribution >= 0.6 is 11.6 Å². The lowest BCUT2D eigenvalue weighted by Gasteiger charge is -1.98. The molecule has 5 heteroatoms. The zero-order valence-corrected chi connectivity index (χ0v) is 8.35. The lowest BCUT2D eigenvalue weighted by atomic mass is 10.1. The van der Waals surface area contributed by atoms with Crippen molar-refractivity contribution >= 4 is 17.4 Å². The third kappa shape index (κ3) is 2.16. The second-order valence-corrected chi connectivity index (χ2v) is 3.21. The molecule has 0 amide bonds. The zero-order valence-electron chi connectivity index (χ0n) is 7.59. The van der Waals surface area contributed by atoms with Crippen LogP contribution in [-0.4, -0.2) is 20.7 Å². The molecule has 2 heterocycles. The highest BCUT2D eigenvalue weighted by Gasteiger charge is 2.09. The molecular formula is C10H6ClN3O. The number of pyridine rings is 1. The van der Waals surface area contributed by atoms with E-state index >= 15 is 0 Å². The highest BCUT2D eigenvalue weighted by atomic mass is 35.5. The first-order valence-electron chi connectivity index (χ1n) is 4.18. The Bertz CT molecular complexity index is 470. The fraction of sp³-hybridized carbons (Fsp3) is 0. The van der Waals surface area contributed by atoms with Crippen molar-refractivity contribution in [3.8, 4) is 0 Å². The van der Waals surface area contributed by atoms with E-state index in [2.05, 4.69) is 15.0 Å². The van der Waals surface area contributed by atoms with Gasteiger partial charge in [-0.25, -0.2) is 15.0 Å². The highest BCUT2D eigenvalue weighted by Crippen LogP contribution is 2.09. The Balaban J connectivity index is 2.33. The number of hydrogen-bond acceptors (Lipinski definition) is 4. The van der Waals surface area contributed by atoms with Crippen molar-refractivity contribution in [2.24, 2.45) is 0 Å². The van der Waals surface area contributed by atoms with Crippen LogP contribution in [0.2, 0.25) is 5.15 Å². The quantitative estimate of drug-likeness (QED) is 0.571. The molecule has 0 saturated carbocycles. The van der Waals surface area contributed by atoms with Gasteiger partial charge in [-0.1, -0.05) is 11.6 Å². The van der Waals surface area contributed by atoms with Crippen LogP contribution in [0.25, 0.3) is 0 Å². The van der Waals surface area contributed by atoms with Crippen LogP contribution in [0, 0.1) is 0 Å². The molecule has 0 N–H and O–H groups in total. The number of aromatic nitrogens is 3. The smallest absolute Gasteiger partial charge is 0.197 e. The topological polar surface area (TPSA) is 55.7 Å². The molecule has 0 aliphatic heterocycles. The summed E-state index contributed by atoms with van der Waals surface area (Å²) in [7, 11) is 0. The van der Waals surface area contributed by atoms with Crippen LogP contribution in [-0.2, 0) is 0 Å². The summed E-state index contributed by atoms with van der Waals surface area (Å²) in [5, 5.41) is 0.357. The van der Waals surface area contributed by atoms with E-state index in [0.717, 1.165) is 0 Å². The Kier molecular flexibility index (Phi) is 2.69. The molecule has 0 saturated heterocycles. The number of rotatable bonds is 2. The number of nitrogens with zero attached hydrogens (tertiary/aromatic N) is 3. The molecule has 4 nitrogen and oxygen atoms in total. The summed E-state index contributed by atoms with van der Waals surface area (Å²) in [5.41, 5.74) is 0.899. The monoisotopic (exact) mass is 219 g/mol. The van der Waals surface area contributed by atoms with Crippen LogP contribution in [0.3, 0.4) is 0 Å². The maximum atomic E-state index is 11.8. The van der Waals surface area contributed by atoms with Crippen LogP contribution in [0.1, 0.15) is 15.9 Å². The lowest BCUT2D eigenvalue weighted by molar-refractivity contribution is 0.103. The molecule has 0 aliphatic carbocycles. The van der Waals surface area contributed by atoms with Crippen LogP contribution in [0.4, 0.5) is 0 Å². The molecule has 74 valence electrons. The van der Waals surface area contributed by atoms with Crippen molar-refractivity contribution in [2.45, 2.75) is 0 Å². The molecule has 0 aliphatic rings. The van der Waals surface area contributed by atoms with Gasteiger partial charge in [0.15, 0.2) is 5.78 Å². The van der Waals surface area contributed by atoms with Crippen LogP contribution < -0.4 is 0 Å². The van der Waals surface area contributed by atoms with Gasteiger partial charge in [0.1, 0.15) is 11.5 Å².